The number of nitrogens with zero attached hydrogens (tertiary/aromatic N) is 3. The molecule has 1 N–H and O–H groups in total. The normalized spacial score (nSPS) is 10.9. The van der Waals surface area contributed by atoms with E-state index in [0.29, 0.717) is 18.4 Å². The second-order valence-electron chi connectivity index (χ2n) is 4.77. The first-order chi connectivity index (χ1) is 10.1. The molecule has 0 aliphatic carbocycles. The highest BCUT2D eigenvalue weighted by Crippen LogP contribution is 2.15. The van der Waals surface area contributed by atoms with E-state index in [-0.39, 0.29) is 5.91 Å². The molecule has 2 aromatic rings. The molecule has 0 radical (unpaired) electrons. The van der Waals surface area contributed by atoms with Gasteiger partial charge in [0.25, 0.3) is 5.91 Å². The Labute approximate surface area is 124 Å². The Balaban J connectivity index is 2.16. The van der Waals surface area contributed by atoms with E-state index < -0.39 is 5.54 Å². The summed E-state index contributed by atoms with van der Waals surface area (Å²) in [5, 5.41) is 6.98. The molecule has 0 aliphatic rings. The summed E-state index contributed by atoms with van der Waals surface area (Å²) in [5.41, 5.74) is 0.834. The lowest BCUT2D eigenvalue weighted by atomic mass is 9.93. The SMILES string of the molecule is C#CC(CC)(CC)NC(=O)c1ccc(-n2cncn2)cc1. The molecule has 2 rings (SSSR count). The van der Waals surface area contributed by atoms with Gasteiger partial charge in [-0.15, -0.1) is 6.42 Å². The minimum absolute atomic E-state index is 0.165. The maximum absolute atomic E-state index is 12.3. The van der Waals surface area contributed by atoms with E-state index in [0.717, 1.165) is 5.69 Å². The maximum Gasteiger partial charge on any atom is 0.252 e. The van der Waals surface area contributed by atoms with E-state index >= 15 is 0 Å². The zero-order chi connectivity index (χ0) is 15.3. The first-order valence-electron chi connectivity index (χ1n) is 6.89. The topological polar surface area (TPSA) is 59.8 Å². The third kappa shape index (κ3) is 3.11. The molecular weight excluding hydrogens is 264 g/mol. The fraction of sp³-hybridized carbons (Fsp3) is 0.312. The van der Waals surface area contributed by atoms with Gasteiger partial charge in [-0.3, -0.25) is 4.79 Å². The van der Waals surface area contributed by atoms with Crippen LogP contribution in [0.25, 0.3) is 5.69 Å². The molecule has 21 heavy (non-hydrogen) atoms. The number of hydrogen-bond donors (Lipinski definition) is 1. The lowest BCUT2D eigenvalue weighted by molar-refractivity contribution is 0.0916. The molecule has 0 aliphatic heterocycles. The maximum atomic E-state index is 12.3. The van der Waals surface area contributed by atoms with Gasteiger partial charge in [0.15, 0.2) is 0 Å². The summed E-state index contributed by atoms with van der Waals surface area (Å²) in [6.07, 6.45) is 10.0. The molecule has 108 valence electrons. The van der Waals surface area contributed by atoms with Crippen molar-refractivity contribution in [2.75, 3.05) is 0 Å². The molecule has 0 atom stereocenters. The van der Waals surface area contributed by atoms with E-state index in [2.05, 4.69) is 21.3 Å². The lowest BCUT2D eigenvalue weighted by Crippen LogP contribution is -2.46. The van der Waals surface area contributed by atoms with Gasteiger partial charge in [-0.2, -0.15) is 5.10 Å². The predicted molar refractivity (Wildman–Crippen MR) is 81.0 cm³/mol. The highest BCUT2D eigenvalue weighted by molar-refractivity contribution is 5.95. The van der Waals surface area contributed by atoms with Crippen LogP contribution >= 0.6 is 0 Å². The Kier molecular flexibility index (Phi) is 4.39. The number of nitrogens with one attached hydrogen (secondary N) is 1. The molecular formula is C16H18N4O. The van der Waals surface area contributed by atoms with E-state index in [1.165, 1.54) is 6.33 Å². The summed E-state index contributed by atoms with van der Waals surface area (Å²) in [7, 11) is 0. The van der Waals surface area contributed by atoms with Crippen LogP contribution in [0, 0.1) is 12.3 Å². The average Bonchev–Trinajstić information content (AvgIpc) is 3.07. The molecule has 1 aromatic carbocycles. The van der Waals surface area contributed by atoms with E-state index in [1.54, 1.807) is 23.1 Å². The monoisotopic (exact) mass is 282 g/mol. The molecule has 0 saturated carbocycles. The van der Waals surface area contributed by atoms with Crippen LogP contribution in [-0.4, -0.2) is 26.2 Å². The molecule has 0 saturated heterocycles. The Hall–Kier alpha value is -2.61. The number of hydrogen-bond acceptors (Lipinski definition) is 3. The largest absolute Gasteiger partial charge is 0.336 e. The quantitative estimate of drug-likeness (QED) is 0.855. The fourth-order valence-corrected chi connectivity index (χ4v) is 2.06. The number of carbonyl (C=O) groups is 1. The fourth-order valence-electron chi connectivity index (χ4n) is 2.06. The number of benzene rings is 1. The van der Waals surface area contributed by atoms with Crippen LogP contribution in [0.3, 0.4) is 0 Å². The first kappa shape index (κ1) is 14.8. The van der Waals surface area contributed by atoms with Crippen LogP contribution in [0.1, 0.15) is 37.0 Å². The number of carbonyl (C=O) groups excluding carboxylic acids is 1. The Morgan fingerprint density at radius 3 is 2.48 bits per heavy atom. The van der Waals surface area contributed by atoms with Crippen molar-refractivity contribution in [2.45, 2.75) is 32.2 Å². The van der Waals surface area contributed by atoms with E-state index in [1.807, 2.05) is 26.0 Å². The zero-order valence-electron chi connectivity index (χ0n) is 12.2. The minimum atomic E-state index is -0.582. The van der Waals surface area contributed by atoms with Crippen molar-refractivity contribution in [3.05, 3.63) is 42.5 Å². The molecule has 0 bridgehead atoms. The highest BCUT2D eigenvalue weighted by Gasteiger charge is 2.25. The van der Waals surface area contributed by atoms with Crippen molar-refractivity contribution >= 4 is 5.91 Å². The lowest BCUT2D eigenvalue weighted by Gasteiger charge is -2.27. The Morgan fingerprint density at radius 1 is 1.33 bits per heavy atom. The van der Waals surface area contributed by atoms with Gasteiger partial charge < -0.3 is 5.32 Å². The minimum Gasteiger partial charge on any atom is -0.336 e. The van der Waals surface area contributed by atoms with Gasteiger partial charge in [-0.25, -0.2) is 9.67 Å². The van der Waals surface area contributed by atoms with Crippen LogP contribution in [0.4, 0.5) is 0 Å². The van der Waals surface area contributed by atoms with Crippen molar-refractivity contribution in [1.29, 1.82) is 0 Å². The third-order valence-corrected chi connectivity index (χ3v) is 3.65. The molecule has 1 amide bonds. The van der Waals surface area contributed by atoms with Gasteiger partial charge in [-0.05, 0) is 37.1 Å². The summed E-state index contributed by atoms with van der Waals surface area (Å²) in [6.45, 7) is 3.94. The standard InChI is InChI=1S/C16H18N4O/c1-4-16(5-2,6-3)19-15(21)13-7-9-14(10-8-13)20-12-17-11-18-20/h1,7-12H,5-6H2,2-3H3,(H,19,21). The van der Waals surface area contributed by atoms with Gasteiger partial charge >= 0.3 is 0 Å². The summed E-state index contributed by atoms with van der Waals surface area (Å²) < 4.78 is 1.63. The van der Waals surface area contributed by atoms with Crippen LogP contribution in [0.5, 0.6) is 0 Å². The molecule has 5 heteroatoms. The average molecular weight is 282 g/mol. The van der Waals surface area contributed by atoms with Gasteiger partial charge in [0, 0.05) is 5.56 Å². The van der Waals surface area contributed by atoms with E-state index in [4.69, 9.17) is 6.42 Å². The van der Waals surface area contributed by atoms with Crippen molar-refractivity contribution in [3.8, 4) is 18.0 Å². The second-order valence-corrected chi connectivity index (χ2v) is 4.77. The molecule has 0 fully saturated rings. The molecule has 0 spiro atoms. The number of amides is 1. The second kappa shape index (κ2) is 6.23. The summed E-state index contributed by atoms with van der Waals surface area (Å²) in [6, 6.07) is 7.13. The van der Waals surface area contributed by atoms with Gasteiger partial charge in [0.1, 0.15) is 18.2 Å². The summed E-state index contributed by atoms with van der Waals surface area (Å²) in [4.78, 5) is 16.2. The van der Waals surface area contributed by atoms with Crippen LogP contribution in [0.2, 0.25) is 0 Å². The van der Waals surface area contributed by atoms with Gasteiger partial charge in [0.2, 0.25) is 0 Å². The van der Waals surface area contributed by atoms with Crippen LogP contribution < -0.4 is 5.32 Å². The van der Waals surface area contributed by atoms with Crippen molar-refractivity contribution in [1.82, 2.24) is 20.1 Å². The van der Waals surface area contributed by atoms with Crippen molar-refractivity contribution < 1.29 is 4.79 Å². The molecule has 5 nitrogen and oxygen atoms in total. The van der Waals surface area contributed by atoms with Crippen molar-refractivity contribution in [3.63, 3.8) is 0 Å². The molecule has 1 aromatic heterocycles. The van der Waals surface area contributed by atoms with Crippen LogP contribution in [-0.2, 0) is 0 Å². The smallest absolute Gasteiger partial charge is 0.252 e. The highest BCUT2D eigenvalue weighted by atomic mass is 16.1. The zero-order valence-corrected chi connectivity index (χ0v) is 12.2. The van der Waals surface area contributed by atoms with Crippen LogP contribution in [0.15, 0.2) is 36.9 Å². The summed E-state index contributed by atoms with van der Waals surface area (Å²) >= 11 is 0. The first-order valence-corrected chi connectivity index (χ1v) is 6.89. The number of terminal acetylenes is 1. The summed E-state index contributed by atoms with van der Waals surface area (Å²) in [5.74, 6) is 2.53. The van der Waals surface area contributed by atoms with Crippen molar-refractivity contribution in [2.24, 2.45) is 0 Å². The Bertz CT molecular complexity index is 634. The third-order valence-electron chi connectivity index (χ3n) is 3.65. The van der Waals surface area contributed by atoms with Gasteiger partial charge in [0.05, 0.1) is 5.69 Å². The molecule has 1 heterocycles. The Morgan fingerprint density at radius 2 is 2.00 bits per heavy atom. The van der Waals surface area contributed by atoms with E-state index in [9.17, 15) is 4.79 Å². The number of rotatable bonds is 5. The predicted octanol–water partition coefficient (Wildman–Crippen LogP) is 2.19. The van der Waals surface area contributed by atoms with Gasteiger partial charge in [-0.1, -0.05) is 19.8 Å². The molecule has 0 unspecified atom stereocenters. The number of aromatic nitrogens is 3.